The van der Waals surface area contributed by atoms with Crippen LogP contribution in [0.15, 0.2) is 17.9 Å². The summed E-state index contributed by atoms with van der Waals surface area (Å²) in [7, 11) is 0. The molecule has 0 heteroatoms. The summed E-state index contributed by atoms with van der Waals surface area (Å²) < 4.78 is 0. The molecule has 0 bridgehead atoms. The van der Waals surface area contributed by atoms with Crippen LogP contribution in [-0.2, 0) is 0 Å². The van der Waals surface area contributed by atoms with Gasteiger partial charge < -0.3 is 0 Å². The average molecular weight is 122 g/mol. The van der Waals surface area contributed by atoms with Gasteiger partial charge in [0.25, 0.3) is 0 Å². The Morgan fingerprint density at radius 1 is 1.11 bits per heavy atom. The van der Waals surface area contributed by atoms with Gasteiger partial charge in [-0.05, 0) is 36.8 Å². The van der Waals surface area contributed by atoms with Gasteiger partial charge in [0.2, 0.25) is 0 Å². The van der Waals surface area contributed by atoms with Crippen LogP contribution in [0.5, 0.6) is 0 Å². The standard InChI is InChI=1S/C9H14/c1-3-8-6-5-7-9(8)4-2/h6-9H,3-4H2,1-2H3/t8-,9+. The summed E-state index contributed by atoms with van der Waals surface area (Å²) in [6, 6.07) is 0. The summed E-state index contributed by atoms with van der Waals surface area (Å²) in [6.07, 6.45) is 6.94. The van der Waals surface area contributed by atoms with Crippen molar-refractivity contribution in [2.24, 2.45) is 11.8 Å². The van der Waals surface area contributed by atoms with Crippen LogP contribution in [0.25, 0.3) is 0 Å². The third-order valence-corrected chi connectivity index (χ3v) is 2.11. The molecule has 1 aliphatic rings. The smallest absolute Gasteiger partial charge is 0.00912 e. The molecule has 0 aromatic rings. The van der Waals surface area contributed by atoms with E-state index in [9.17, 15) is 0 Å². The number of hydrogen-bond donors (Lipinski definition) is 0. The number of allylic oxidation sites excluding steroid dienone is 1. The fourth-order valence-electron chi connectivity index (χ4n) is 1.39. The summed E-state index contributed by atoms with van der Waals surface area (Å²) in [6.45, 7) is 4.48. The molecule has 1 rings (SSSR count). The number of hydrogen-bond acceptors (Lipinski definition) is 0. The molecule has 0 radical (unpaired) electrons. The van der Waals surface area contributed by atoms with Crippen LogP contribution in [-0.4, -0.2) is 0 Å². The van der Waals surface area contributed by atoms with Crippen molar-refractivity contribution in [1.29, 1.82) is 0 Å². The SMILES string of the molecule is CC[C@H]1C=C=C[C@H]1CC. The van der Waals surface area contributed by atoms with E-state index in [4.69, 9.17) is 0 Å². The van der Waals surface area contributed by atoms with Gasteiger partial charge in [-0.2, -0.15) is 0 Å². The monoisotopic (exact) mass is 122 g/mol. The molecule has 0 spiro atoms. The van der Waals surface area contributed by atoms with E-state index in [1.165, 1.54) is 12.8 Å². The number of rotatable bonds is 2. The molecule has 9 heavy (non-hydrogen) atoms. The first-order valence-electron chi connectivity index (χ1n) is 3.81. The Hall–Kier alpha value is -0.480. The largest absolute Gasteiger partial charge is 0.129 e. The van der Waals surface area contributed by atoms with Crippen LogP contribution >= 0.6 is 0 Å². The Morgan fingerprint density at radius 2 is 1.56 bits per heavy atom. The fourth-order valence-corrected chi connectivity index (χ4v) is 1.39. The van der Waals surface area contributed by atoms with Crippen LogP contribution in [0.1, 0.15) is 26.7 Å². The molecule has 50 valence electrons. The maximum atomic E-state index is 3.17. The minimum absolute atomic E-state index is 0.787. The van der Waals surface area contributed by atoms with Crippen LogP contribution in [0, 0.1) is 11.8 Å². The van der Waals surface area contributed by atoms with E-state index in [0.717, 1.165) is 11.8 Å². The van der Waals surface area contributed by atoms with Gasteiger partial charge in [0.15, 0.2) is 0 Å². The van der Waals surface area contributed by atoms with Crippen LogP contribution < -0.4 is 0 Å². The van der Waals surface area contributed by atoms with Crippen LogP contribution in [0.2, 0.25) is 0 Å². The molecular formula is C9H14. The zero-order chi connectivity index (χ0) is 6.69. The quantitative estimate of drug-likeness (QED) is 0.494. The van der Waals surface area contributed by atoms with E-state index in [1.54, 1.807) is 0 Å². The molecule has 2 atom stereocenters. The van der Waals surface area contributed by atoms with Crippen molar-refractivity contribution in [3.05, 3.63) is 17.9 Å². The van der Waals surface area contributed by atoms with Gasteiger partial charge in [-0.1, -0.05) is 13.8 Å². The molecule has 0 unspecified atom stereocenters. The molecule has 0 aromatic heterocycles. The van der Waals surface area contributed by atoms with Gasteiger partial charge in [-0.3, -0.25) is 0 Å². The van der Waals surface area contributed by atoms with Crippen molar-refractivity contribution >= 4 is 0 Å². The van der Waals surface area contributed by atoms with Gasteiger partial charge >= 0.3 is 0 Å². The predicted octanol–water partition coefficient (Wildman–Crippen LogP) is 2.76. The lowest BCUT2D eigenvalue weighted by molar-refractivity contribution is 0.462. The molecule has 0 saturated heterocycles. The maximum absolute atomic E-state index is 3.17. The van der Waals surface area contributed by atoms with Gasteiger partial charge in [0.1, 0.15) is 0 Å². The van der Waals surface area contributed by atoms with Crippen molar-refractivity contribution in [1.82, 2.24) is 0 Å². The first-order valence-corrected chi connectivity index (χ1v) is 3.81. The lowest BCUT2D eigenvalue weighted by Gasteiger charge is -2.12. The zero-order valence-electron chi connectivity index (χ0n) is 6.22. The molecule has 0 saturated carbocycles. The van der Waals surface area contributed by atoms with Gasteiger partial charge in [0, 0.05) is 0 Å². The van der Waals surface area contributed by atoms with E-state index in [2.05, 4.69) is 31.7 Å². The lowest BCUT2D eigenvalue weighted by atomic mass is 9.92. The molecule has 0 heterocycles. The highest BCUT2D eigenvalue weighted by Crippen LogP contribution is 2.24. The normalized spacial score (nSPS) is 31.8. The Balaban J connectivity index is 2.47. The molecule has 1 aliphatic carbocycles. The Labute approximate surface area is 57.3 Å². The van der Waals surface area contributed by atoms with E-state index < -0.39 is 0 Å². The van der Waals surface area contributed by atoms with Gasteiger partial charge in [-0.25, -0.2) is 0 Å². The minimum Gasteiger partial charge on any atom is -0.129 e. The van der Waals surface area contributed by atoms with Gasteiger partial charge in [0.05, 0.1) is 0 Å². The van der Waals surface area contributed by atoms with Crippen molar-refractivity contribution in [2.45, 2.75) is 26.7 Å². The molecular weight excluding hydrogens is 108 g/mol. The van der Waals surface area contributed by atoms with E-state index >= 15 is 0 Å². The molecule has 0 aliphatic heterocycles. The van der Waals surface area contributed by atoms with E-state index in [-0.39, 0.29) is 0 Å². The summed E-state index contributed by atoms with van der Waals surface area (Å²) in [5, 5.41) is 0. The molecule has 0 N–H and O–H groups in total. The summed E-state index contributed by atoms with van der Waals surface area (Å²) in [5.41, 5.74) is 3.17. The van der Waals surface area contributed by atoms with Crippen molar-refractivity contribution in [3.63, 3.8) is 0 Å². The van der Waals surface area contributed by atoms with Gasteiger partial charge in [-0.15, -0.1) is 5.73 Å². The van der Waals surface area contributed by atoms with Crippen molar-refractivity contribution in [2.75, 3.05) is 0 Å². The second-order valence-corrected chi connectivity index (χ2v) is 2.64. The summed E-state index contributed by atoms with van der Waals surface area (Å²) in [5.74, 6) is 1.57. The fraction of sp³-hybridized carbons (Fsp3) is 0.667. The highest BCUT2D eigenvalue weighted by Gasteiger charge is 2.15. The second-order valence-electron chi connectivity index (χ2n) is 2.64. The Kier molecular flexibility index (Phi) is 2.13. The molecule has 0 amide bonds. The first kappa shape index (κ1) is 6.64. The van der Waals surface area contributed by atoms with Crippen LogP contribution in [0.3, 0.4) is 0 Å². The minimum atomic E-state index is 0.787. The highest BCUT2D eigenvalue weighted by atomic mass is 14.2. The molecule has 0 fully saturated rings. The molecule has 0 aromatic carbocycles. The zero-order valence-corrected chi connectivity index (χ0v) is 6.22. The van der Waals surface area contributed by atoms with Crippen molar-refractivity contribution < 1.29 is 0 Å². The van der Waals surface area contributed by atoms with E-state index in [0.29, 0.717) is 0 Å². The average Bonchev–Trinajstić information content (AvgIpc) is 2.33. The van der Waals surface area contributed by atoms with Crippen molar-refractivity contribution in [3.8, 4) is 0 Å². The third-order valence-electron chi connectivity index (χ3n) is 2.11. The highest BCUT2D eigenvalue weighted by molar-refractivity contribution is 5.05. The maximum Gasteiger partial charge on any atom is -0.00912 e. The lowest BCUT2D eigenvalue weighted by Crippen LogP contribution is -2.04. The Morgan fingerprint density at radius 3 is 1.89 bits per heavy atom. The topological polar surface area (TPSA) is 0 Å². The van der Waals surface area contributed by atoms with Crippen LogP contribution in [0.4, 0.5) is 0 Å². The van der Waals surface area contributed by atoms with E-state index in [1.807, 2.05) is 0 Å². The second kappa shape index (κ2) is 2.89. The summed E-state index contributed by atoms with van der Waals surface area (Å²) >= 11 is 0. The summed E-state index contributed by atoms with van der Waals surface area (Å²) in [4.78, 5) is 0. The third kappa shape index (κ3) is 1.25. The first-order chi connectivity index (χ1) is 4.38. The Bertz CT molecular complexity index is 124. The predicted molar refractivity (Wildman–Crippen MR) is 40.2 cm³/mol. The molecule has 0 nitrogen and oxygen atoms in total.